The predicted octanol–water partition coefficient (Wildman–Crippen LogP) is 2.50. The van der Waals surface area contributed by atoms with Crippen LogP contribution in [0.3, 0.4) is 0 Å². The Balaban J connectivity index is 1.73. The highest BCUT2D eigenvalue weighted by Crippen LogP contribution is 2.28. The van der Waals surface area contributed by atoms with Crippen LogP contribution in [0.4, 0.5) is 10.5 Å². The highest BCUT2D eigenvalue weighted by molar-refractivity contribution is 6.34. The topological polar surface area (TPSA) is 98.7 Å². The van der Waals surface area contributed by atoms with Crippen molar-refractivity contribution in [3.63, 3.8) is 0 Å². The van der Waals surface area contributed by atoms with Gasteiger partial charge >= 0.3 is 12.0 Å². The van der Waals surface area contributed by atoms with Gasteiger partial charge in [0.2, 0.25) is 0 Å². The van der Waals surface area contributed by atoms with E-state index in [0.717, 1.165) is 0 Å². The van der Waals surface area contributed by atoms with Gasteiger partial charge in [-0.2, -0.15) is 0 Å². The molecule has 2 aromatic carbocycles. The maximum absolute atomic E-state index is 12.4. The molecule has 7 nitrogen and oxygen atoms in total. The average molecular weight is 374 g/mol. The molecular weight excluding hydrogens is 358 g/mol. The SMILES string of the molecule is O=C(O)c1cccc(CNC(=O)c2ccc(Cl)c(N3CCNC3=O)c2)c1. The highest BCUT2D eigenvalue weighted by Gasteiger charge is 2.24. The van der Waals surface area contributed by atoms with Crippen molar-refractivity contribution in [2.24, 2.45) is 0 Å². The zero-order valence-electron chi connectivity index (χ0n) is 13.7. The lowest BCUT2D eigenvalue weighted by molar-refractivity contribution is 0.0696. The Bertz CT molecular complexity index is 884. The lowest BCUT2D eigenvalue weighted by Gasteiger charge is -2.17. The van der Waals surface area contributed by atoms with Gasteiger partial charge < -0.3 is 15.7 Å². The third kappa shape index (κ3) is 3.78. The van der Waals surface area contributed by atoms with E-state index in [1.807, 2.05) is 0 Å². The summed E-state index contributed by atoms with van der Waals surface area (Å²) >= 11 is 6.16. The van der Waals surface area contributed by atoms with E-state index in [1.165, 1.54) is 17.0 Å². The molecular formula is C18H16ClN3O4. The van der Waals surface area contributed by atoms with Crippen molar-refractivity contribution < 1.29 is 19.5 Å². The maximum Gasteiger partial charge on any atom is 0.335 e. The first kappa shape index (κ1) is 17.8. The molecule has 0 aromatic heterocycles. The van der Waals surface area contributed by atoms with E-state index >= 15 is 0 Å². The average Bonchev–Trinajstić information content (AvgIpc) is 3.06. The van der Waals surface area contributed by atoms with Crippen molar-refractivity contribution >= 4 is 35.2 Å². The predicted molar refractivity (Wildman–Crippen MR) is 96.8 cm³/mol. The van der Waals surface area contributed by atoms with Gasteiger partial charge in [0, 0.05) is 25.2 Å². The summed E-state index contributed by atoms with van der Waals surface area (Å²) in [6.45, 7) is 1.18. The van der Waals surface area contributed by atoms with Gasteiger partial charge in [-0.15, -0.1) is 0 Å². The van der Waals surface area contributed by atoms with Crippen molar-refractivity contribution in [1.82, 2.24) is 10.6 Å². The van der Waals surface area contributed by atoms with E-state index in [0.29, 0.717) is 34.9 Å². The summed E-state index contributed by atoms with van der Waals surface area (Å²) in [5.74, 6) is -1.37. The van der Waals surface area contributed by atoms with Crippen LogP contribution < -0.4 is 15.5 Å². The number of rotatable bonds is 5. The van der Waals surface area contributed by atoms with E-state index in [9.17, 15) is 14.4 Å². The van der Waals surface area contributed by atoms with Gasteiger partial charge in [0.25, 0.3) is 5.91 Å². The number of carbonyl (C=O) groups excluding carboxylic acids is 2. The monoisotopic (exact) mass is 373 g/mol. The number of hydrogen-bond acceptors (Lipinski definition) is 3. The lowest BCUT2D eigenvalue weighted by atomic mass is 10.1. The Morgan fingerprint density at radius 1 is 1.19 bits per heavy atom. The van der Waals surface area contributed by atoms with Crippen molar-refractivity contribution in [2.75, 3.05) is 18.0 Å². The molecule has 1 aliphatic rings. The van der Waals surface area contributed by atoms with E-state index in [4.69, 9.17) is 16.7 Å². The molecule has 0 radical (unpaired) electrons. The molecule has 1 heterocycles. The molecule has 0 bridgehead atoms. The van der Waals surface area contributed by atoms with Crippen molar-refractivity contribution in [3.8, 4) is 0 Å². The van der Waals surface area contributed by atoms with E-state index in [1.54, 1.807) is 30.3 Å². The fourth-order valence-electron chi connectivity index (χ4n) is 2.66. The number of carboxylic acid groups (broad SMARTS) is 1. The Labute approximate surface area is 154 Å². The molecule has 3 N–H and O–H groups in total. The summed E-state index contributed by atoms with van der Waals surface area (Å²) in [6.07, 6.45) is 0. The van der Waals surface area contributed by atoms with Gasteiger partial charge in [-0.05, 0) is 35.9 Å². The van der Waals surface area contributed by atoms with E-state index in [-0.39, 0.29) is 24.0 Å². The molecule has 0 spiro atoms. The number of hydrogen-bond donors (Lipinski definition) is 3. The Morgan fingerprint density at radius 2 is 2.00 bits per heavy atom. The zero-order chi connectivity index (χ0) is 18.7. The molecule has 0 saturated carbocycles. The van der Waals surface area contributed by atoms with Crippen LogP contribution in [0.2, 0.25) is 5.02 Å². The van der Waals surface area contributed by atoms with Crippen LogP contribution in [0.15, 0.2) is 42.5 Å². The summed E-state index contributed by atoms with van der Waals surface area (Å²) in [5, 5.41) is 14.8. The van der Waals surface area contributed by atoms with Crippen LogP contribution >= 0.6 is 11.6 Å². The van der Waals surface area contributed by atoms with Crippen LogP contribution in [0.25, 0.3) is 0 Å². The fourth-order valence-corrected chi connectivity index (χ4v) is 2.88. The number of carboxylic acids is 1. The molecule has 2 aromatic rings. The second-order valence-corrected chi connectivity index (χ2v) is 6.15. The number of benzene rings is 2. The number of anilines is 1. The minimum absolute atomic E-state index is 0.158. The summed E-state index contributed by atoms with van der Waals surface area (Å²) in [5.41, 5.74) is 1.66. The van der Waals surface area contributed by atoms with Crippen molar-refractivity contribution in [2.45, 2.75) is 6.54 Å². The molecule has 26 heavy (non-hydrogen) atoms. The smallest absolute Gasteiger partial charge is 0.335 e. The number of carbonyl (C=O) groups is 3. The summed E-state index contributed by atoms with van der Waals surface area (Å²) < 4.78 is 0. The van der Waals surface area contributed by atoms with Gasteiger partial charge in [0.1, 0.15) is 0 Å². The first-order chi connectivity index (χ1) is 12.5. The van der Waals surface area contributed by atoms with Crippen molar-refractivity contribution in [1.29, 1.82) is 0 Å². The van der Waals surface area contributed by atoms with Crippen LogP contribution in [0, 0.1) is 0 Å². The van der Waals surface area contributed by atoms with E-state index < -0.39 is 5.97 Å². The zero-order valence-corrected chi connectivity index (χ0v) is 14.4. The molecule has 8 heteroatoms. The lowest BCUT2D eigenvalue weighted by Crippen LogP contribution is -2.28. The molecule has 0 aliphatic carbocycles. The minimum atomic E-state index is -1.02. The molecule has 134 valence electrons. The van der Waals surface area contributed by atoms with Gasteiger partial charge in [-0.3, -0.25) is 9.69 Å². The number of aromatic carboxylic acids is 1. The van der Waals surface area contributed by atoms with Gasteiger partial charge in [-0.25, -0.2) is 9.59 Å². The molecule has 0 atom stereocenters. The summed E-state index contributed by atoms with van der Waals surface area (Å²) in [7, 11) is 0. The third-order valence-electron chi connectivity index (χ3n) is 3.98. The minimum Gasteiger partial charge on any atom is -0.478 e. The first-order valence-electron chi connectivity index (χ1n) is 7.91. The van der Waals surface area contributed by atoms with Crippen LogP contribution in [-0.4, -0.2) is 36.1 Å². The van der Waals surface area contributed by atoms with Crippen LogP contribution in [-0.2, 0) is 6.54 Å². The molecule has 0 unspecified atom stereocenters. The number of urea groups is 1. The largest absolute Gasteiger partial charge is 0.478 e. The van der Waals surface area contributed by atoms with Crippen LogP contribution in [0.1, 0.15) is 26.3 Å². The van der Waals surface area contributed by atoms with Crippen LogP contribution in [0.5, 0.6) is 0 Å². The maximum atomic E-state index is 12.4. The molecule has 1 fully saturated rings. The Kier molecular flexibility index (Phi) is 5.09. The van der Waals surface area contributed by atoms with Gasteiger partial charge in [-0.1, -0.05) is 23.7 Å². The fraction of sp³-hybridized carbons (Fsp3) is 0.167. The molecule has 1 aliphatic heterocycles. The quantitative estimate of drug-likeness (QED) is 0.749. The van der Waals surface area contributed by atoms with Gasteiger partial charge in [0.15, 0.2) is 0 Å². The van der Waals surface area contributed by atoms with E-state index in [2.05, 4.69) is 10.6 Å². The number of halogens is 1. The molecule has 3 amide bonds. The number of nitrogens with one attached hydrogen (secondary N) is 2. The normalized spacial score (nSPS) is 13.4. The third-order valence-corrected chi connectivity index (χ3v) is 4.30. The van der Waals surface area contributed by atoms with Gasteiger partial charge in [0.05, 0.1) is 16.3 Å². The number of amides is 3. The Morgan fingerprint density at radius 3 is 2.69 bits per heavy atom. The van der Waals surface area contributed by atoms with Crippen molar-refractivity contribution in [3.05, 3.63) is 64.2 Å². The number of nitrogens with zero attached hydrogens (tertiary/aromatic N) is 1. The molecule has 1 saturated heterocycles. The summed E-state index contributed by atoms with van der Waals surface area (Å²) in [6, 6.07) is 10.8. The Hall–Kier alpha value is -3.06. The first-order valence-corrected chi connectivity index (χ1v) is 8.29. The standard InChI is InChI=1S/C18H16ClN3O4/c19-14-5-4-12(9-15(14)22-7-6-20-18(22)26)16(23)21-10-11-2-1-3-13(8-11)17(24)25/h1-5,8-9H,6-7,10H2,(H,20,26)(H,21,23)(H,24,25). The molecule has 3 rings (SSSR count). The second kappa shape index (κ2) is 7.45. The summed E-state index contributed by atoms with van der Waals surface area (Å²) in [4.78, 5) is 36.7. The second-order valence-electron chi connectivity index (χ2n) is 5.74. The highest BCUT2D eigenvalue weighted by atomic mass is 35.5.